The Bertz CT molecular complexity index is 1040. The average Bonchev–Trinajstić information content (AvgIpc) is 3.07. The van der Waals surface area contributed by atoms with E-state index in [1.807, 2.05) is 44.2 Å². The number of ether oxygens (including phenoxy) is 4. The Labute approximate surface area is 208 Å². The summed E-state index contributed by atoms with van der Waals surface area (Å²) in [6.07, 6.45) is 2.41. The van der Waals surface area contributed by atoms with Gasteiger partial charge in [0.25, 0.3) is 5.91 Å². The molecule has 0 atom stereocenters. The topological polar surface area (TPSA) is 57.2 Å². The van der Waals surface area contributed by atoms with Crippen LogP contribution in [-0.4, -0.2) is 48.6 Å². The summed E-state index contributed by atoms with van der Waals surface area (Å²) in [6.45, 7) is 5.62. The van der Waals surface area contributed by atoms with Crippen molar-refractivity contribution in [2.75, 3.05) is 33.5 Å². The van der Waals surface area contributed by atoms with E-state index in [0.717, 1.165) is 5.56 Å². The number of carbonyl (C=O) groups excluding carboxylic acids is 1. The highest BCUT2D eigenvalue weighted by Gasteiger charge is 2.30. The maximum atomic E-state index is 12.5. The third-order valence-corrected chi connectivity index (χ3v) is 6.34. The number of halogens is 1. The van der Waals surface area contributed by atoms with E-state index < -0.39 is 0 Å². The van der Waals surface area contributed by atoms with Crippen LogP contribution in [-0.2, 0) is 4.79 Å². The van der Waals surface area contributed by atoms with E-state index in [1.165, 1.54) is 11.8 Å². The Morgan fingerprint density at radius 2 is 1.79 bits per heavy atom. The van der Waals surface area contributed by atoms with Crippen molar-refractivity contribution in [3.05, 3.63) is 51.9 Å². The first-order valence-electron chi connectivity index (χ1n) is 10.6. The monoisotopic (exact) mass is 507 g/mol. The zero-order valence-corrected chi connectivity index (χ0v) is 21.1. The molecule has 176 valence electrons. The van der Waals surface area contributed by atoms with E-state index in [0.29, 0.717) is 70.0 Å². The highest BCUT2D eigenvalue weighted by atomic mass is 35.5. The predicted octanol–water partition coefficient (Wildman–Crippen LogP) is 5.82. The van der Waals surface area contributed by atoms with Gasteiger partial charge in [0, 0.05) is 13.0 Å². The van der Waals surface area contributed by atoms with Gasteiger partial charge in [-0.25, -0.2) is 0 Å². The van der Waals surface area contributed by atoms with Gasteiger partial charge in [0.1, 0.15) is 4.32 Å². The standard InChI is InChI=1S/C24H26ClNO5S2/c1-4-26-23(27)21(33-24(26)32)15-16-13-17(25)22(20(14-16)29-5-2)31-12-8-11-30-19-10-7-6-9-18(19)28-3/h6-7,9-10,13-15H,4-5,8,11-12H2,1-3H3/b21-15+. The fraction of sp³-hybridized carbons (Fsp3) is 0.333. The van der Waals surface area contributed by atoms with Crippen LogP contribution in [0.15, 0.2) is 41.3 Å². The fourth-order valence-corrected chi connectivity index (χ4v) is 4.81. The molecule has 1 aliphatic heterocycles. The third kappa shape index (κ3) is 6.34. The Kier molecular flexibility index (Phi) is 9.29. The highest BCUT2D eigenvalue weighted by molar-refractivity contribution is 8.26. The first-order valence-corrected chi connectivity index (χ1v) is 12.2. The molecule has 3 rings (SSSR count). The fourth-order valence-electron chi connectivity index (χ4n) is 3.15. The molecule has 0 aliphatic carbocycles. The molecule has 0 aromatic heterocycles. The molecule has 1 heterocycles. The third-order valence-electron chi connectivity index (χ3n) is 4.68. The SMILES string of the molecule is CCOc1cc(/C=C2/SC(=S)N(CC)C2=O)cc(Cl)c1OCCCOc1ccccc1OC. The van der Waals surface area contributed by atoms with E-state index in [2.05, 4.69) is 0 Å². The minimum atomic E-state index is -0.100. The number of thiocarbonyl (C=S) groups is 1. The van der Waals surface area contributed by atoms with Gasteiger partial charge in [-0.15, -0.1) is 0 Å². The number of nitrogens with zero attached hydrogens (tertiary/aromatic N) is 1. The van der Waals surface area contributed by atoms with Crippen molar-refractivity contribution in [1.82, 2.24) is 4.90 Å². The molecule has 0 spiro atoms. The molecule has 9 heteroatoms. The lowest BCUT2D eigenvalue weighted by molar-refractivity contribution is -0.121. The first kappa shape index (κ1) is 25.2. The van der Waals surface area contributed by atoms with Gasteiger partial charge < -0.3 is 18.9 Å². The van der Waals surface area contributed by atoms with E-state index >= 15 is 0 Å². The molecule has 0 unspecified atom stereocenters. The normalized spacial score (nSPS) is 14.7. The number of hydrogen-bond donors (Lipinski definition) is 0. The number of amides is 1. The number of carbonyl (C=O) groups is 1. The van der Waals surface area contributed by atoms with Crippen LogP contribution in [0.2, 0.25) is 5.02 Å². The van der Waals surface area contributed by atoms with E-state index in [-0.39, 0.29) is 5.91 Å². The first-order chi connectivity index (χ1) is 16.0. The van der Waals surface area contributed by atoms with Gasteiger partial charge in [-0.05, 0) is 49.8 Å². The summed E-state index contributed by atoms with van der Waals surface area (Å²) < 4.78 is 23.3. The molecule has 33 heavy (non-hydrogen) atoms. The lowest BCUT2D eigenvalue weighted by Crippen LogP contribution is -2.27. The van der Waals surface area contributed by atoms with Crippen molar-refractivity contribution < 1.29 is 23.7 Å². The summed E-state index contributed by atoms with van der Waals surface area (Å²) >= 11 is 13.1. The van der Waals surface area contributed by atoms with E-state index in [9.17, 15) is 4.79 Å². The van der Waals surface area contributed by atoms with E-state index in [1.54, 1.807) is 24.2 Å². The number of hydrogen-bond acceptors (Lipinski definition) is 7. The number of methoxy groups -OCH3 is 1. The van der Waals surface area contributed by atoms with Crippen LogP contribution in [0, 0.1) is 0 Å². The molecule has 1 saturated heterocycles. The molecule has 2 aromatic carbocycles. The zero-order valence-electron chi connectivity index (χ0n) is 18.8. The summed E-state index contributed by atoms with van der Waals surface area (Å²) in [5, 5.41) is 0.406. The van der Waals surface area contributed by atoms with Crippen LogP contribution < -0.4 is 18.9 Å². The smallest absolute Gasteiger partial charge is 0.266 e. The Balaban J connectivity index is 1.66. The highest BCUT2D eigenvalue weighted by Crippen LogP contribution is 2.39. The lowest BCUT2D eigenvalue weighted by atomic mass is 10.1. The number of rotatable bonds is 11. The molecular formula is C24H26ClNO5S2. The summed E-state index contributed by atoms with van der Waals surface area (Å²) in [6, 6.07) is 11.1. The van der Waals surface area contributed by atoms with Crippen LogP contribution in [0.3, 0.4) is 0 Å². The molecule has 6 nitrogen and oxygen atoms in total. The second-order valence-electron chi connectivity index (χ2n) is 6.89. The molecular weight excluding hydrogens is 482 g/mol. The second-order valence-corrected chi connectivity index (χ2v) is 8.97. The number of para-hydroxylation sites is 2. The van der Waals surface area contributed by atoms with Gasteiger partial charge in [0.15, 0.2) is 23.0 Å². The van der Waals surface area contributed by atoms with Gasteiger partial charge in [-0.2, -0.15) is 0 Å². The quantitative estimate of drug-likeness (QED) is 0.216. The van der Waals surface area contributed by atoms with Gasteiger partial charge in [0.05, 0.1) is 36.9 Å². The van der Waals surface area contributed by atoms with Gasteiger partial charge in [-0.3, -0.25) is 9.69 Å². The summed E-state index contributed by atoms with van der Waals surface area (Å²) in [5.74, 6) is 2.26. The number of benzene rings is 2. The molecule has 1 amide bonds. The summed E-state index contributed by atoms with van der Waals surface area (Å²) in [4.78, 5) is 14.6. The minimum Gasteiger partial charge on any atom is -0.493 e. The Morgan fingerprint density at radius 3 is 2.45 bits per heavy atom. The second kappa shape index (κ2) is 12.2. The Morgan fingerprint density at radius 1 is 1.06 bits per heavy atom. The maximum Gasteiger partial charge on any atom is 0.266 e. The van der Waals surface area contributed by atoms with Gasteiger partial charge >= 0.3 is 0 Å². The predicted molar refractivity (Wildman–Crippen MR) is 137 cm³/mol. The van der Waals surface area contributed by atoms with E-state index in [4.69, 9.17) is 42.8 Å². The summed E-state index contributed by atoms with van der Waals surface area (Å²) in [5.41, 5.74) is 0.743. The van der Waals surface area contributed by atoms with Crippen LogP contribution in [0.5, 0.6) is 23.0 Å². The minimum absolute atomic E-state index is 0.100. The maximum absolute atomic E-state index is 12.5. The van der Waals surface area contributed by atoms with Crippen molar-refractivity contribution >= 4 is 51.9 Å². The van der Waals surface area contributed by atoms with Crippen molar-refractivity contribution in [2.45, 2.75) is 20.3 Å². The molecule has 1 fully saturated rings. The van der Waals surface area contributed by atoms with Gasteiger partial charge in [0.2, 0.25) is 0 Å². The van der Waals surface area contributed by atoms with Crippen molar-refractivity contribution in [2.24, 2.45) is 0 Å². The van der Waals surface area contributed by atoms with Crippen LogP contribution >= 0.6 is 35.6 Å². The van der Waals surface area contributed by atoms with Crippen LogP contribution in [0.1, 0.15) is 25.8 Å². The average molecular weight is 508 g/mol. The lowest BCUT2D eigenvalue weighted by Gasteiger charge is -2.15. The molecule has 2 aromatic rings. The van der Waals surface area contributed by atoms with Crippen molar-refractivity contribution in [3.8, 4) is 23.0 Å². The molecule has 0 radical (unpaired) electrons. The van der Waals surface area contributed by atoms with Crippen LogP contribution in [0.25, 0.3) is 6.08 Å². The molecule has 0 saturated carbocycles. The molecule has 1 aliphatic rings. The van der Waals surface area contributed by atoms with Crippen LogP contribution in [0.4, 0.5) is 0 Å². The number of likely N-dealkylation sites (N-methyl/N-ethyl adjacent to an activating group) is 1. The largest absolute Gasteiger partial charge is 0.493 e. The zero-order chi connectivity index (χ0) is 23.8. The van der Waals surface area contributed by atoms with Gasteiger partial charge in [-0.1, -0.05) is 47.7 Å². The number of thioether (sulfide) groups is 1. The van der Waals surface area contributed by atoms with Crippen molar-refractivity contribution in [1.29, 1.82) is 0 Å². The summed E-state index contributed by atoms with van der Waals surface area (Å²) in [7, 11) is 1.61. The van der Waals surface area contributed by atoms with Crippen molar-refractivity contribution in [3.63, 3.8) is 0 Å². The molecule has 0 N–H and O–H groups in total. The Hall–Kier alpha value is -2.42. The molecule has 0 bridgehead atoms.